The minimum atomic E-state index is -0.674. The number of halogens is 1. The van der Waals surface area contributed by atoms with Crippen LogP contribution in [0.25, 0.3) is 5.69 Å². The highest BCUT2D eigenvalue weighted by Gasteiger charge is 2.16. The van der Waals surface area contributed by atoms with Gasteiger partial charge in [0.05, 0.1) is 30.8 Å². The average molecular weight is 291 g/mol. The van der Waals surface area contributed by atoms with Gasteiger partial charge in [-0.15, -0.1) is 5.10 Å². The summed E-state index contributed by atoms with van der Waals surface area (Å²) in [6.45, 7) is 2.50. The molecule has 1 amide bonds. The van der Waals surface area contributed by atoms with Gasteiger partial charge in [-0.2, -0.15) is 0 Å². The summed E-state index contributed by atoms with van der Waals surface area (Å²) in [7, 11) is 0. The summed E-state index contributed by atoms with van der Waals surface area (Å²) in [5.41, 5.74) is 6.15. The second kappa shape index (κ2) is 5.49. The summed E-state index contributed by atoms with van der Waals surface area (Å²) in [5, 5.41) is 7.38. The Morgan fingerprint density at radius 1 is 1.33 bits per heavy atom. The van der Waals surface area contributed by atoms with E-state index in [0.717, 1.165) is 0 Å². The van der Waals surface area contributed by atoms with E-state index >= 15 is 0 Å². The predicted molar refractivity (Wildman–Crippen MR) is 72.9 cm³/mol. The minimum Gasteiger partial charge on any atom is -0.378 e. The van der Waals surface area contributed by atoms with Crippen molar-refractivity contribution in [3.8, 4) is 5.69 Å². The van der Waals surface area contributed by atoms with Crippen molar-refractivity contribution in [1.82, 2.24) is 15.0 Å². The topological polar surface area (TPSA) is 86.3 Å². The van der Waals surface area contributed by atoms with Gasteiger partial charge >= 0.3 is 0 Å². The molecule has 7 nitrogen and oxygen atoms in total. The van der Waals surface area contributed by atoms with Crippen LogP contribution in [0.15, 0.2) is 24.4 Å². The van der Waals surface area contributed by atoms with Gasteiger partial charge in [-0.1, -0.05) is 5.21 Å². The Hall–Kier alpha value is -2.48. The van der Waals surface area contributed by atoms with Crippen molar-refractivity contribution in [2.24, 2.45) is 5.73 Å². The molecule has 21 heavy (non-hydrogen) atoms. The van der Waals surface area contributed by atoms with E-state index in [1.807, 2.05) is 4.90 Å². The summed E-state index contributed by atoms with van der Waals surface area (Å²) >= 11 is 0. The maximum absolute atomic E-state index is 14.3. The van der Waals surface area contributed by atoms with Crippen molar-refractivity contribution in [3.63, 3.8) is 0 Å². The fourth-order valence-electron chi connectivity index (χ4n) is 2.20. The number of carbonyl (C=O) groups excluding carboxylic acids is 1. The lowest BCUT2D eigenvalue weighted by atomic mass is 10.2. The lowest BCUT2D eigenvalue weighted by molar-refractivity contribution is 0.0995. The Balaban J connectivity index is 1.87. The van der Waals surface area contributed by atoms with E-state index in [4.69, 9.17) is 10.5 Å². The number of anilines is 1. The van der Waals surface area contributed by atoms with Crippen LogP contribution >= 0.6 is 0 Å². The zero-order chi connectivity index (χ0) is 14.8. The Bertz CT molecular complexity index is 666. The number of nitrogens with zero attached hydrogens (tertiary/aromatic N) is 4. The van der Waals surface area contributed by atoms with Gasteiger partial charge in [0.2, 0.25) is 0 Å². The van der Waals surface area contributed by atoms with Gasteiger partial charge in [0.1, 0.15) is 5.82 Å². The first-order chi connectivity index (χ1) is 10.1. The number of aromatic nitrogens is 3. The molecular weight excluding hydrogens is 277 g/mol. The molecule has 0 atom stereocenters. The van der Waals surface area contributed by atoms with Crippen LogP contribution in [-0.4, -0.2) is 47.2 Å². The van der Waals surface area contributed by atoms with E-state index in [9.17, 15) is 9.18 Å². The molecule has 1 aromatic heterocycles. The first-order valence-electron chi connectivity index (χ1n) is 6.50. The van der Waals surface area contributed by atoms with Crippen molar-refractivity contribution < 1.29 is 13.9 Å². The van der Waals surface area contributed by atoms with E-state index in [2.05, 4.69) is 10.3 Å². The van der Waals surface area contributed by atoms with Crippen LogP contribution in [0.1, 0.15) is 10.5 Å². The summed E-state index contributed by atoms with van der Waals surface area (Å²) in [6, 6.07) is 4.75. The lowest BCUT2D eigenvalue weighted by Crippen LogP contribution is -2.36. The van der Waals surface area contributed by atoms with E-state index < -0.39 is 5.91 Å². The lowest BCUT2D eigenvalue weighted by Gasteiger charge is -2.29. The van der Waals surface area contributed by atoms with Crippen LogP contribution in [0.3, 0.4) is 0 Å². The summed E-state index contributed by atoms with van der Waals surface area (Å²) in [4.78, 5) is 12.9. The Morgan fingerprint density at radius 3 is 2.71 bits per heavy atom. The number of primary amides is 1. The molecule has 0 bridgehead atoms. The van der Waals surface area contributed by atoms with E-state index in [1.54, 1.807) is 12.1 Å². The molecule has 0 unspecified atom stereocenters. The van der Waals surface area contributed by atoms with Crippen LogP contribution < -0.4 is 10.6 Å². The van der Waals surface area contributed by atoms with Crippen LogP contribution in [0.4, 0.5) is 10.1 Å². The number of amides is 1. The normalized spacial score (nSPS) is 15.2. The quantitative estimate of drug-likeness (QED) is 0.881. The maximum atomic E-state index is 14.3. The molecule has 0 spiro atoms. The van der Waals surface area contributed by atoms with Crippen molar-refractivity contribution in [1.29, 1.82) is 0 Å². The number of ether oxygens (including phenoxy) is 1. The first kappa shape index (κ1) is 13.5. The second-order valence-electron chi connectivity index (χ2n) is 4.65. The molecule has 2 aromatic rings. The van der Waals surface area contributed by atoms with Gasteiger partial charge < -0.3 is 15.4 Å². The van der Waals surface area contributed by atoms with Crippen molar-refractivity contribution in [2.45, 2.75) is 0 Å². The standard InChI is InChI=1S/C13H14FN5O2/c14-10-7-9(19-8-11(13(15)20)16-17-19)1-2-12(10)18-3-5-21-6-4-18/h1-2,7-8H,3-6H2,(H2,15,20). The average Bonchev–Trinajstić information content (AvgIpc) is 2.98. The number of benzene rings is 1. The van der Waals surface area contributed by atoms with Gasteiger partial charge in [-0.05, 0) is 12.1 Å². The van der Waals surface area contributed by atoms with Crippen LogP contribution in [0.5, 0.6) is 0 Å². The summed E-state index contributed by atoms with van der Waals surface area (Å²) < 4.78 is 20.8. The molecule has 1 aliphatic rings. The Kier molecular flexibility index (Phi) is 3.53. The maximum Gasteiger partial charge on any atom is 0.270 e. The summed E-state index contributed by atoms with van der Waals surface area (Å²) in [5.74, 6) is -1.03. The molecule has 110 valence electrons. The van der Waals surface area contributed by atoms with E-state index in [1.165, 1.54) is 16.9 Å². The van der Waals surface area contributed by atoms with Gasteiger partial charge in [-0.25, -0.2) is 9.07 Å². The third-order valence-electron chi connectivity index (χ3n) is 3.29. The largest absolute Gasteiger partial charge is 0.378 e. The van der Waals surface area contributed by atoms with E-state index in [-0.39, 0.29) is 11.5 Å². The molecule has 8 heteroatoms. The molecule has 0 aliphatic carbocycles. The summed E-state index contributed by atoms with van der Waals surface area (Å²) in [6.07, 6.45) is 1.37. The fraction of sp³-hybridized carbons (Fsp3) is 0.308. The van der Waals surface area contributed by atoms with Gasteiger partial charge in [0.25, 0.3) is 5.91 Å². The molecule has 1 aliphatic heterocycles. The number of hydrogen-bond donors (Lipinski definition) is 1. The monoisotopic (exact) mass is 291 g/mol. The highest BCUT2D eigenvalue weighted by atomic mass is 19.1. The molecule has 1 saturated heterocycles. The fourth-order valence-corrected chi connectivity index (χ4v) is 2.20. The minimum absolute atomic E-state index is 0.0349. The molecule has 2 N–H and O–H groups in total. The third kappa shape index (κ3) is 2.70. The number of morpholine rings is 1. The van der Waals surface area contributed by atoms with Crippen LogP contribution in [0, 0.1) is 5.82 Å². The second-order valence-corrected chi connectivity index (χ2v) is 4.65. The number of nitrogens with two attached hydrogens (primary N) is 1. The van der Waals surface area contributed by atoms with Crippen molar-refractivity contribution >= 4 is 11.6 Å². The molecule has 1 fully saturated rings. The van der Waals surface area contributed by atoms with E-state index in [0.29, 0.717) is 37.7 Å². The zero-order valence-electron chi connectivity index (χ0n) is 11.2. The highest BCUT2D eigenvalue weighted by molar-refractivity contribution is 5.90. The zero-order valence-corrected chi connectivity index (χ0v) is 11.2. The first-order valence-corrected chi connectivity index (χ1v) is 6.50. The molecule has 0 saturated carbocycles. The highest BCUT2D eigenvalue weighted by Crippen LogP contribution is 2.23. The number of carbonyl (C=O) groups is 1. The van der Waals surface area contributed by atoms with Gasteiger partial charge in [0, 0.05) is 19.2 Å². The Labute approximate surface area is 120 Å². The van der Waals surface area contributed by atoms with Crippen LogP contribution in [-0.2, 0) is 4.74 Å². The SMILES string of the molecule is NC(=O)c1cn(-c2ccc(N3CCOCC3)c(F)c2)nn1. The van der Waals surface area contributed by atoms with Crippen LogP contribution in [0.2, 0.25) is 0 Å². The molecule has 2 heterocycles. The molecule has 0 radical (unpaired) electrons. The smallest absolute Gasteiger partial charge is 0.270 e. The van der Waals surface area contributed by atoms with Crippen molar-refractivity contribution in [3.05, 3.63) is 35.9 Å². The Morgan fingerprint density at radius 2 is 2.10 bits per heavy atom. The van der Waals surface area contributed by atoms with Gasteiger partial charge in [-0.3, -0.25) is 4.79 Å². The number of hydrogen-bond acceptors (Lipinski definition) is 5. The number of rotatable bonds is 3. The van der Waals surface area contributed by atoms with Gasteiger partial charge in [0.15, 0.2) is 5.69 Å². The molecule has 1 aromatic carbocycles. The predicted octanol–water partition coefficient (Wildman–Crippen LogP) is 0.342. The molecule has 3 rings (SSSR count). The van der Waals surface area contributed by atoms with Crippen molar-refractivity contribution in [2.75, 3.05) is 31.2 Å². The third-order valence-corrected chi connectivity index (χ3v) is 3.29. The molecular formula is C13H14FN5O2.